The molecule has 0 fully saturated rings. The summed E-state index contributed by atoms with van der Waals surface area (Å²) in [6.45, 7) is 3.48. The predicted molar refractivity (Wildman–Crippen MR) is 172 cm³/mol. The van der Waals surface area contributed by atoms with Gasteiger partial charge in [-0.25, -0.2) is 8.42 Å². The number of anilines is 1. The minimum Gasteiger partial charge on any atom is -0.355 e. The summed E-state index contributed by atoms with van der Waals surface area (Å²) in [5, 5.41) is 3.63. The minimum atomic E-state index is -4.21. The van der Waals surface area contributed by atoms with Crippen LogP contribution in [-0.4, -0.2) is 44.3 Å². The van der Waals surface area contributed by atoms with Crippen LogP contribution in [0.2, 0.25) is 10.0 Å². The molecule has 0 aromatic heterocycles. The molecule has 7 nitrogen and oxygen atoms in total. The molecule has 10 heteroatoms. The van der Waals surface area contributed by atoms with Crippen molar-refractivity contribution in [1.29, 1.82) is 0 Å². The summed E-state index contributed by atoms with van der Waals surface area (Å²) in [4.78, 5) is 29.3. The van der Waals surface area contributed by atoms with Gasteiger partial charge in [0.25, 0.3) is 10.0 Å². The quantitative estimate of drug-likeness (QED) is 0.198. The SMILES string of the molecule is CCNC(=O)C(Cc1ccccc1)N(Cc1cccc(Cl)c1)C(=O)CN(c1cccc(Cl)c1)S(=O)(=O)c1ccc(C)cc1. The summed E-state index contributed by atoms with van der Waals surface area (Å²) in [6.07, 6.45) is 0.223. The van der Waals surface area contributed by atoms with Gasteiger partial charge in [0.1, 0.15) is 12.6 Å². The molecule has 0 aliphatic rings. The van der Waals surface area contributed by atoms with E-state index in [0.717, 1.165) is 15.4 Å². The fourth-order valence-corrected chi connectivity index (χ4v) is 6.48. The Kier molecular flexibility index (Phi) is 10.9. The van der Waals surface area contributed by atoms with Crippen molar-refractivity contribution in [2.24, 2.45) is 0 Å². The van der Waals surface area contributed by atoms with Gasteiger partial charge in [-0.1, -0.05) is 89.4 Å². The molecule has 0 aliphatic carbocycles. The third kappa shape index (κ3) is 8.38. The van der Waals surface area contributed by atoms with Gasteiger partial charge in [-0.05, 0) is 67.4 Å². The van der Waals surface area contributed by atoms with Crippen molar-refractivity contribution in [3.63, 3.8) is 0 Å². The number of hydrogen-bond donors (Lipinski definition) is 1. The Bertz CT molecular complexity index is 1670. The monoisotopic (exact) mass is 637 g/mol. The van der Waals surface area contributed by atoms with Crippen molar-refractivity contribution >= 4 is 50.7 Å². The van der Waals surface area contributed by atoms with Crippen LogP contribution >= 0.6 is 23.2 Å². The van der Waals surface area contributed by atoms with E-state index in [1.54, 1.807) is 61.5 Å². The van der Waals surface area contributed by atoms with E-state index in [4.69, 9.17) is 23.2 Å². The van der Waals surface area contributed by atoms with Gasteiger partial charge < -0.3 is 10.2 Å². The maximum absolute atomic E-state index is 14.3. The van der Waals surface area contributed by atoms with Gasteiger partial charge in [0.2, 0.25) is 11.8 Å². The second-order valence-electron chi connectivity index (χ2n) is 10.1. The van der Waals surface area contributed by atoms with E-state index in [1.165, 1.54) is 23.1 Å². The Balaban J connectivity index is 1.80. The highest BCUT2D eigenvalue weighted by atomic mass is 35.5. The van der Waals surface area contributed by atoms with Crippen molar-refractivity contribution in [2.45, 2.75) is 37.8 Å². The first-order chi connectivity index (χ1) is 20.6. The van der Waals surface area contributed by atoms with Crippen LogP contribution in [0.1, 0.15) is 23.6 Å². The molecule has 1 unspecified atom stereocenters. The summed E-state index contributed by atoms with van der Waals surface area (Å²) in [5.41, 5.74) is 2.66. The molecular weight excluding hydrogens is 605 g/mol. The first kappa shape index (κ1) is 32.1. The first-order valence-electron chi connectivity index (χ1n) is 13.8. The van der Waals surface area contributed by atoms with Crippen LogP contribution in [0.4, 0.5) is 5.69 Å². The molecule has 0 saturated heterocycles. The molecule has 224 valence electrons. The Hall–Kier alpha value is -3.85. The molecular formula is C33H33Cl2N3O4S. The van der Waals surface area contributed by atoms with E-state index in [-0.39, 0.29) is 29.5 Å². The molecule has 4 aromatic rings. The third-order valence-corrected chi connectivity index (χ3v) is 9.11. The lowest BCUT2D eigenvalue weighted by Gasteiger charge is -2.34. The molecule has 43 heavy (non-hydrogen) atoms. The lowest BCUT2D eigenvalue weighted by atomic mass is 10.0. The normalized spacial score (nSPS) is 11.9. The van der Waals surface area contributed by atoms with E-state index in [2.05, 4.69) is 5.32 Å². The highest BCUT2D eigenvalue weighted by molar-refractivity contribution is 7.92. The molecule has 4 rings (SSSR count). The predicted octanol–water partition coefficient (Wildman–Crippen LogP) is 6.27. The number of halogens is 2. The second-order valence-corrected chi connectivity index (χ2v) is 12.8. The smallest absolute Gasteiger partial charge is 0.264 e. The van der Waals surface area contributed by atoms with Crippen LogP contribution < -0.4 is 9.62 Å². The minimum absolute atomic E-state index is 0.0248. The number of hydrogen-bond acceptors (Lipinski definition) is 4. The molecule has 4 aromatic carbocycles. The van der Waals surface area contributed by atoms with Gasteiger partial charge in [0.05, 0.1) is 10.6 Å². The van der Waals surface area contributed by atoms with Crippen LogP contribution in [0.25, 0.3) is 0 Å². The number of rotatable bonds is 12. The average molecular weight is 639 g/mol. The van der Waals surface area contributed by atoms with Crippen molar-refractivity contribution in [3.05, 3.63) is 130 Å². The van der Waals surface area contributed by atoms with Gasteiger partial charge in [0, 0.05) is 29.6 Å². The summed E-state index contributed by atoms with van der Waals surface area (Å²) in [5.74, 6) is -0.916. The number of nitrogens with zero attached hydrogens (tertiary/aromatic N) is 2. The highest BCUT2D eigenvalue weighted by Crippen LogP contribution is 2.27. The van der Waals surface area contributed by atoms with E-state index < -0.39 is 28.5 Å². The number of likely N-dealkylation sites (N-methyl/N-ethyl adjacent to an activating group) is 1. The molecule has 2 amide bonds. The van der Waals surface area contributed by atoms with Crippen LogP contribution in [0.15, 0.2) is 108 Å². The Morgan fingerprint density at radius 3 is 2.07 bits per heavy atom. The van der Waals surface area contributed by atoms with Crippen molar-refractivity contribution in [1.82, 2.24) is 10.2 Å². The Labute approximate surface area is 263 Å². The maximum Gasteiger partial charge on any atom is 0.264 e. The molecule has 1 N–H and O–H groups in total. The zero-order chi connectivity index (χ0) is 31.0. The van der Waals surface area contributed by atoms with Crippen molar-refractivity contribution < 1.29 is 18.0 Å². The van der Waals surface area contributed by atoms with Crippen molar-refractivity contribution in [3.8, 4) is 0 Å². The van der Waals surface area contributed by atoms with Crippen LogP contribution in [0.5, 0.6) is 0 Å². The first-order valence-corrected chi connectivity index (χ1v) is 16.0. The van der Waals surface area contributed by atoms with Crippen molar-refractivity contribution in [2.75, 3.05) is 17.4 Å². The van der Waals surface area contributed by atoms with Crippen LogP contribution in [0, 0.1) is 6.92 Å². The Morgan fingerprint density at radius 1 is 0.814 bits per heavy atom. The number of carbonyl (C=O) groups excluding carboxylic acids is 2. The highest BCUT2D eigenvalue weighted by Gasteiger charge is 2.34. The number of amides is 2. The number of benzene rings is 4. The van der Waals surface area contributed by atoms with Gasteiger partial charge in [-0.15, -0.1) is 0 Å². The van der Waals surface area contributed by atoms with E-state index in [1.807, 2.05) is 37.3 Å². The van der Waals surface area contributed by atoms with Gasteiger partial charge >= 0.3 is 0 Å². The Morgan fingerprint density at radius 2 is 1.44 bits per heavy atom. The summed E-state index contributed by atoms with van der Waals surface area (Å²) in [7, 11) is -4.21. The molecule has 0 heterocycles. The maximum atomic E-state index is 14.3. The van der Waals surface area contributed by atoms with E-state index in [9.17, 15) is 18.0 Å². The van der Waals surface area contributed by atoms with E-state index in [0.29, 0.717) is 22.2 Å². The molecule has 0 radical (unpaired) electrons. The summed E-state index contributed by atoms with van der Waals surface area (Å²) >= 11 is 12.5. The lowest BCUT2D eigenvalue weighted by Crippen LogP contribution is -2.53. The van der Waals surface area contributed by atoms with Gasteiger partial charge in [0.15, 0.2) is 0 Å². The summed E-state index contributed by atoms with van der Waals surface area (Å²) in [6, 6.07) is 28.2. The molecule has 0 bridgehead atoms. The van der Waals surface area contributed by atoms with Crippen LogP contribution in [-0.2, 0) is 32.6 Å². The zero-order valence-electron chi connectivity index (χ0n) is 23.9. The molecule has 1 atom stereocenters. The third-order valence-electron chi connectivity index (χ3n) is 6.85. The van der Waals surface area contributed by atoms with Gasteiger partial charge in [-0.2, -0.15) is 0 Å². The van der Waals surface area contributed by atoms with E-state index >= 15 is 0 Å². The zero-order valence-corrected chi connectivity index (χ0v) is 26.2. The van der Waals surface area contributed by atoms with Gasteiger partial charge in [-0.3, -0.25) is 13.9 Å². The molecule has 0 spiro atoms. The number of carbonyl (C=O) groups is 2. The fourth-order valence-electron chi connectivity index (χ4n) is 4.68. The van der Waals surface area contributed by atoms with Crippen LogP contribution in [0.3, 0.4) is 0 Å². The second kappa shape index (κ2) is 14.6. The molecule has 0 aliphatic heterocycles. The standard InChI is InChI=1S/C33H33Cl2N3O4S/c1-3-36-33(40)31(20-25-9-5-4-6-10-25)37(22-26-11-7-12-27(34)19-26)32(39)23-38(29-14-8-13-28(35)21-29)43(41,42)30-17-15-24(2)16-18-30/h4-19,21,31H,3,20,22-23H2,1-2H3,(H,36,40). The molecule has 0 saturated carbocycles. The number of nitrogens with one attached hydrogen (secondary N) is 1. The summed E-state index contributed by atoms with van der Waals surface area (Å²) < 4.78 is 29.1. The topological polar surface area (TPSA) is 86.8 Å². The lowest BCUT2D eigenvalue weighted by molar-refractivity contribution is -0.140. The number of aryl methyl sites for hydroxylation is 1. The fraction of sp³-hybridized carbons (Fsp3) is 0.212. The largest absolute Gasteiger partial charge is 0.355 e. The average Bonchev–Trinajstić information content (AvgIpc) is 2.98. The number of sulfonamides is 1.